The van der Waals surface area contributed by atoms with Gasteiger partial charge in [-0.25, -0.2) is 0 Å². The van der Waals surface area contributed by atoms with Gasteiger partial charge in [-0.15, -0.1) is 0 Å². The number of nitrogens with one attached hydrogen (secondary N) is 1. The second-order valence-corrected chi connectivity index (χ2v) is 8.50. The van der Waals surface area contributed by atoms with E-state index in [9.17, 15) is 9.59 Å². The van der Waals surface area contributed by atoms with Crippen LogP contribution >= 0.6 is 27.5 Å². The molecule has 0 saturated heterocycles. The van der Waals surface area contributed by atoms with Crippen LogP contribution in [-0.4, -0.2) is 19.6 Å². The lowest BCUT2D eigenvalue weighted by atomic mass is 10.1. The van der Waals surface area contributed by atoms with Gasteiger partial charge < -0.3 is 19.2 Å². The van der Waals surface area contributed by atoms with Gasteiger partial charge in [0.05, 0.1) is 17.0 Å². The first-order chi connectivity index (χ1) is 15.9. The smallest absolute Gasteiger partial charge is 0.262 e. The molecular weight excluding hydrogens is 510 g/mol. The molecule has 3 aromatic carbocycles. The first kappa shape index (κ1) is 22.9. The summed E-state index contributed by atoms with van der Waals surface area (Å²) >= 11 is 9.57. The van der Waals surface area contributed by atoms with E-state index >= 15 is 0 Å². The second-order valence-electron chi connectivity index (χ2n) is 7.24. The van der Waals surface area contributed by atoms with Crippen molar-refractivity contribution < 1.29 is 18.7 Å². The Hall–Kier alpha value is -3.29. The molecule has 0 unspecified atom stereocenters. The van der Waals surface area contributed by atoms with Crippen LogP contribution < -0.4 is 20.2 Å². The number of ether oxygens (including phenoxy) is 2. The Morgan fingerprint density at radius 2 is 1.91 bits per heavy atom. The molecule has 0 aliphatic carbocycles. The molecule has 1 heterocycles. The van der Waals surface area contributed by atoms with E-state index in [0.29, 0.717) is 37.5 Å². The largest absolute Gasteiger partial charge is 0.496 e. The van der Waals surface area contributed by atoms with Gasteiger partial charge in [0, 0.05) is 16.3 Å². The van der Waals surface area contributed by atoms with Gasteiger partial charge in [0.15, 0.2) is 12.4 Å². The number of hydrogen-bond acceptors (Lipinski definition) is 5. The Morgan fingerprint density at radius 1 is 1.12 bits per heavy atom. The molecule has 1 amide bonds. The minimum absolute atomic E-state index is 0.0529. The maximum atomic E-state index is 13.2. The minimum atomic E-state index is -0.440. The maximum absolute atomic E-state index is 13.2. The molecule has 0 aliphatic rings. The quantitative estimate of drug-likeness (QED) is 0.322. The highest BCUT2D eigenvalue weighted by Gasteiger charge is 2.20. The van der Waals surface area contributed by atoms with E-state index in [4.69, 9.17) is 25.5 Å². The van der Waals surface area contributed by atoms with Gasteiger partial charge in [0.2, 0.25) is 11.2 Å². The molecule has 4 rings (SSSR count). The van der Waals surface area contributed by atoms with Crippen LogP contribution in [0.2, 0.25) is 5.02 Å². The fourth-order valence-corrected chi connectivity index (χ4v) is 3.98. The van der Waals surface area contributed by atoms with Crippen molar-refractivity contribution in [2.75, 3.05) is 19.0 Å². The molecule has 168 valence electrons. The van der Waals surface area contributed by atoms with E-state index in [2.05, 4.69) is 21.2 Å². The van der Waals surface area contributed by atoms with Crippen molar-refractivity contribution in [3.8, 4) is 22.8 Å². The number of aryl methyl sites for hydroxylation is 1. The van der Waals surface area contributed by atoms with E-state index in [-0.39, 0.29) is 23.5 Å². The molecule has 8 heteroatoms. The Kier molecular flexibility index (Phi) is 6.72. The lowest BCUT2D eigenvalue weighted by Gasteiger charge is -2.13. The van der Waals surface area contributed by atoms with Crippen LogP contribution in [-0.2, 0) is 4.79 Å². The number of anilines is 1. The van der Waals surface area contributed by atoms with Gasteiger partial charge in [-0.2, -0.15) is 0 Å². The van der Waals surface area contributed by atoms with Crippen LogP contribution in [0, 0.1) is 6.92 Å². The third-order valence-electron chi connectivity index (χ3n) is 4.97. The highest BCUT2D eigenvalue weighted by atomic mass is 79.9. The van der Waals surface area contributed by atoms with Gasteiger partial charge in [-0.3, -0.25) is 9.59 Å². The molecule has 0 spiro atoms. The molecule has 1 aromatic heterocycles. The number of benzene rings is 3. The number of rotatable bonds is 6. The summed E-state index contributed by atoms with van der Waals surface area (Å²) < 4.78 is 17.7. The molecule has 0 atom stereocenters. The van der Waals surface area contributed by atoms with Crippen molar-refractivity contribution in [3.63, 3.8) is 0 Å². The molecule has 0 saturated carbocycles. The number of halogens is 2. The first-order valence-electron chi connectivity index (χ1n) is 9.96. The molecule has 0 aliphatic heterocycles. The predicted molar refractivity (Wildman–Crippen MR) is 132 cm³/mol. The topological polar surface area (TPSA) is 77.8 Å². The van der Waals surface area contributed by atoms with Gasteiger partial charge in [-0.05, 0) is 70.9 Å². The molecule has 1 N–H and O–H groups in total. The summed E-state index contributed by atoms with van der Waals surface area (Å²) in [5.74, 6) is 0.348. The van der Waals surface area contributed by atoms with Gasteiger partial charge >= 0.3 is 0 Å². The zero-order valence-corrected chi connectivity index (χ0v) is 20.1. The number of carbonyl (C=O) groups excluding carboxylic acids is 1. The van der Waals surface area contributed by atoms with Crippen molar-refractivity contribution in [2.45, 2.75) is 6.92 Å². The zero-order chi connectivity index (χ0) is 23.5. The summed E-state index contributed by atoms with van der Waals surface area (Å²) in [5.41, 5.74) is 2.06. The van der Waals surface area contributed by atoms with Crippen LogP contribution in [0.1, 0.15) is 5.56 Å². The summed E-state index contributed by atoms with van der Waals surface area (Å²) in [4.78, 5) is 25.7. The van der Waals surface area contributed by atoms with Gasteiger partial charge in [-0.1, -0.05) is 29.8 Å². The molecular formula is C25H19BrClNO5. The second kappa shape index (κ2) is 9.68. The van der Waals surface area contributed by atoms with Crippen molar-refractivity contribution in [1.82, 2.24) is 0 Å². The number of hydrogen-bond donors (Lipinski definition) is 1. The predicted octanol–water partition coefficient (Wildman–Crippen LogP) is 6.21. The highest BCUT2D eigenvalue weighted by molar-refractivity contribution is 9.10. The van der Waals surface area contributed by atoms with Crippen LogP contribution in [0.3, 0.4) is 0 Å². The van der Waals surface area contributed by atoms with Crippen molar-refractivity contribution in [2.24, 2.45) is 0 Å². The van der Waals surface area contributed by atoms with Crippen molar-refractivity contribution in [1.29, 1.82) is 0 Å². The normalized spacial score (nSPS) is 10.8. The monoisotopic (exact) mass is 527 g/mol. The average molecular weight is 529 g/mol. The Morgan fingerprint density at radius 3 is 2.64 bits per heavy atom. The Bertz CT molecular complexity index is 1420. The molecule has 0 radical (unpaired) electrons. The maximum Gasteiger partial charge on any atom is 0.262 e. The molecule has 33 heavy (non-hydrogen) atoms. The highest BCUT2D eigenvalue weighted by Crippen LogP contribution is 2.35. The number of fused-ring (bicyclic) bond motifs is 1. The van der Waals surface area contributed by atoms with E-state index in [1.54, 1.807) is 67.8 Å². The van der Waals surface area contributed by atoms with Crippen LogP contribution in [0.15, 0.2) is 74.3 Å². The zero-order valence-electron chi connectivity index (χ0n) is 17.8. The van der Waals surface area contributed by atoms with E-state index < -0.39 is 5.91 Å². The fourth-order valence-electron chi connectivity index (χ4n) is 3.26. The van der Waals surface area contributed by atoms with Crippen LogP contribution in [0.25, 0.3) is 22.3 Å². The van der Waals surface area contributed by atoms with Crippen LogP contribution in [0.5, 0.6) is 11.5 Å². The summed E-state index contributed by atoms with van der Waals surface area (Å²) in [6, 6.07) is 17.3. The summed E-state index contributed by atoms with van der Waals surface area (Å²) in [6.45, 7) is 1.48. The fraction of sp³-hybridized carbons (Fsp3) is 0.120. The number of para-hydroxylation sites is 1. The van der Waals surface area contributed by atoms with Crippen molar-refractivity contribution in [3.05, 3.63) is 85.9 Å². The van der Waals surface area contributed by atoms with Crippen molar-refractivity contribution >= 4 is 50.1 Å². The Labute approximate surface area is 203 Å². The van der Waals surface area contributed by atoms with E-state index in [1.165, 1.54) is 0 Å². The molecule has 6 nitrogen and oxygen atoms in total. The lowest BCUT2D eigenvalue weighted by molar-refractivity contribution is -0.118. The van der Waals surface area contributed by atoms with E-state index in [1.807, 2.05) is 6.92 Å². The van der Waals surface area contributed by atoms with Gasteiger partial charge in [0.25, 0.3) is 5.91 Å². The standard InChI is InChI=1S/C25H19BrClNO5/c1-14-7-9-16(12-19(14)27)28-22(29)13-32-25-23(30)17-5-3-4-6-20(17)33-24(25)15-8-10-21(31-2)18(26)11-15/h3-12H,13H2,1-2H3,(H,28,29). The van der Waals surface area contributed by atoms with E-state index in [0.717, 1.165) is 5.56 Å². The molecule has 0 fully saturated rings. The summed E-state index contributed by atoms with van der Waals surface area (Å²) in [5, 5.41) is 3.61. The third-order valence-corrected chi connectivity index (χ3v) is 6.00. The Balaban J connectivity index is 1.68. The van der Waals surface area contributed by atoms with Crippen LogP contribution in [0.4, 0.5) is 5.69 Å². The number of methoxy groups -OCH3 is 1. The summed E-state index contributed by atoms with van der Waals surface area (Å²) in [7, 11) is 1.56. The molecule has 0 bridgehead atoms. The molecule has 4 aromatic rings. The minimum Gasteiger partial charge on any atom is -0.496 e. The summed E-state index contributed by atoms with van der Waals surface area (Å²) in [6.07, 6.45) is 0. The number of carbonyl (C=O) groups is 1. The lowest BCUT2D eigenvalue weighted by Crippen LogP contribution is -2.22. The SMILES string of the molecule is COc1ccc(-c2oc3ccccc3c(=O)c2OCC(=O)Nc2ccc(C)c(Cl)c2)cc1Br. The average Bonchev–Trinajstić information content (AvgIpc) is 2.80. The third kappa shape index (κ3) is 4.89. The number of amides is 1. The first-order valence-corrected chi connectivity index (χ1v) is 11.1. The van der Waals surface area contributed by atoms with Gasteiger partial charge in [0.1, 0.15) is 11.3 Å².